The maximum Gasteiger partial charge on any atom is 0.323 e. The van der Waals surface area contributed by atoms with Crippen molar-refractivity contribution in [2.45, 2.75) is 32.2 Å². The van der Waals surface area contributed by atoms with Gasteiger partial charge in [0, 0.05) is 39.3 Å². The summed E-state index contributed by atoms with van der Waals surface area (Å²) in [6.07, 6.45) is 3.12. The van der Waals surface area contributed by atoms with Gasteiger partial charge >= 0.3 is 5.97 Å². The van der Waals surface area contributed by atoms with E-state index in [0.717, 1.165) is 58.5 Å². The van der Waals surface area contributed by atoms with E-state index in [1.54, 1.807) is 0 Å². The first-order valence-corrected chi connectivity index (χ1v) is 7.77. The highest BCUT2D eigenvalue weighted by Crippen LogP contribution is 2.13. The van der Waals surface area contributed by atoms with Crippen LogP contribution in [0, 0.1) is 0 Å². The minimum atomic E-state index is -0.0693. The number of rotatable bonds is 8. The summed E-state index contributed by atoms with van der Waals surface area (Å²) < 4.78 is 4.97. The van der Waals surface area contributed by atoms with Crippen molar-refractivity contribution in [1.82, 2.24) is 14.7 Å². The lowest BCUT2D eigenvalue weighted by atomic mass is 10.1. The second-order valence-electron chi connectivity index (χ2n) is 5.86. The lowest BCUT2D eigenvalue weighted by Crippen LogP contribution is -2.53. The smallest absolute Gasteiger partial charge is 0.323 e. The van der Waals surface area contributed by atoms with E-state index in [1.807, 2.05) is 0 Å². The highest BCUT2D eigenvalue weighted by atomic mass is 16.5. The first-order valence-electron chi connectivity index (χ1n) is 7.77. The van der Waals surface area contributed by atoms with Crippen LogP contribution in [-0.4, -0.2) is 87.2 Å². The van der Waals surface area contributed by atoms with Gasteiger partial charge in [0.15, 0.2) is 0 Å². The molecule has 1 aliphatic rings. The molecule has 5 nitrogen and oxygen atoms in total. The van der Waals surface area contributed by atoms with Gasteiger partial charge < -0.3 is 9.64 Å². The molecule has 0 radical (unpaired) electrons. The lowest BCUT2D eigenvalue weighted by molar-refractivity contribution is -0.148. The van der Waals surface area contributed by atoms with Crippen LogP contribution in [0.2, 0.25) is 0 Å². The molecule has 1 heterocycles. The molecule has 0 aliphatic carbocycles. The van der Waals surface area contributed by atoms with Gasteiger partial charge in [-0.2, -0.15) is 0 Å². The van der Waals surface area contributed by atoms with Gasteiger partial charge in [-0.3, -0.25) is 14.6 Å². The molecule has 0 amide bonds. The minimum Gasteiger partial charge on any atom is -0.468 e. The van der Waals surface area contributed by atoms with E-state index in [0.29, 0.717) is 0 Å². The summed E-state index contributed by atoms with van der Waals surface area (Å²) in [6, 6.07) is -0.0454. The molecule has 118 valence electrons. The Morgan fingerprint density at radius 1 is 1.25 bits per heavy atom. The number of carbonyl (C=O) groups excluding carboxylic acids is 1. The Morgan fingerprint density at radius 3 is 2.40 bits per heavy atom. The van der Waals surface area contributed by atoms with Crippen LogP contribution in [0.5, 0.6) is 0 Å². The van der Waals surface area contributed by atoms with Gasteiger partial charge in [-0.25, -0.2) is 0 Å². The fraction of sp³-hybridized carbons (Fsp3) is 0.933. The van der Waals surface area contributed by atoms with Gasteiger partial charge in [-0.15, -0.1) is 0 Å². The molecular formula is C15H31N3O2. The van der Waals surface area contributed by atoms with Crippen LogP contribution < -0.4 is 0 Å². The van der Waals surface area contributed by atoms with Crippen LogP contribution in [0.25, 0.3) is 0 Å². The maximum absolute atomic E-state index is 11.9. The predicted molar refractivity (Wildman–Crippen MR) is 81.9 cm³/mol. The van der Waals surface area contributed by atoms with E-state index in [9.17, 15) is 4.79 Å². The van der Waals surface area contributed by atoms with E-state index in [1.165, 1.54) is 7.11 Å². The van der Waals surface area contributed by atoms with Gasteiger partial charge in [0.1, 0.15) is 6.04 Å². The number of carbonyl (C=O) groups is 1. The monoisotopic (exact) mass is 285 g/mol. The molecule has 0 spiro atoms. The lowest BCUT2D eigenvalue weighted by Gasteiger charge is -2.38. The Morgan fingerprint density at radius 2 is 1.90 bits per heavy atom. The minimum absolute atomic E-state index is 0.0454. The van der Waals surface area contributed by atoms with Crippen LogP contribution in [-0.2, 0) is 9.53 Å². The molecule has 1 saturated heterocycles. The summed E-state index contributed by atoms with van der Waals surface area (Å²) >= 11 is 0. The first-order chi connectivity index (χ1) is 9.58. The summed E-state index contributed by atoms with van der Waals surface area (Å²) in [5, 5.41) is 0. The molecule has 0 bridgehead atoms. The van der Waals surface area contributed by atoms with Gasteiger partial charge in [-0.1, -0.05) is 19.8 Å². The molecule has 5 heteroatoms. The molecular weight excluding hydrogens is 254 g/mol. The predicted octanol–water partition coefficient (Wildman–Crippen LogP) is 0.897. The van der Waals surface area contributed by atoms with Crippen molar-refractivity contribution in [3.8, 4) is 0 Å². The average Bonchev–Trinajstić information content (AvgIpc) is 2.46. The summed E-state index contributed by atoms with van der Waals surface area (Å²) in [5.74, 6) is -0.0693. The Labute approximate surface area is 123 Å². The molecule has 0 saturated carbocycles. The van der Waals surface area contributed by atoms with Crippen molar-refractivity contribution in [2.24, 2.45) is 0 Å². The molecule has 0 aromatic carbocycles. The average molecular weight is 285 g/mol. The topological polar surface area (TPSA) is 36.0 Å². The number of ether oxygens (including phenoxy) is 1. The summed E-state index contributed by atoms with van der Waals surface area (Å²) in [4.78, 5) is 18.9. The Bertz CT molecular complexity index is 276. The molecule has 1 rings (SSSR count). The normalized spacial score (nSPS) is 19.2. The third kappa shape index (κ3) is 5.77. The SMILES string of the molecule is CCCCC(C(=O)OC)N1CCN(CCN(C)C)CC1. The van der Waals surface area contributed by atoms with Crippen LogP contribution in [0.1, 0.15) is 26.2 Å². The number of hydrogen-bond donors (Lipinski definition) is 0. The van der Waals surface area contributed by atoms with Crippen molar-refractivity contribution >= 4 is 5.97 Å². The number of unbranched alkanes of at least 4 members (excludes halogenated alkanes) is 1. The number of esters is 1. The van der Waals surface area contributed by atoms with Crippen molar-refractivity contribution in [1.29, 1.82) is 0 Å². The van der Waals surface area contributed by atoms with Crippen molar-refractivity contribution < 1.29 is 9.53 Å². The fourth-order valence-electron chi connectivity index (χ4n) is 2.62. The Hall–Kier alpha value is -0.650. The number of methoxy groups -OCH3 is 1. The zero-order valence-corrected chi connectivity index (χ0v) is 13.6. The molecule has 1 atom stereocenters. The largest absolute Gasteiger partial charge is 0.468 e. The van der Waals surface area contributed by atoms with Crippen LogP contribution >= 0.6 is 0 Å². The van der Waals surface area contributed by atoms with Crippen molar-refractivity contribution in [3.63, 3.8) is 0 Å². The molecule has 1 aliphatic heterocycles. The van der Waals surface area contributed by atoms with E-state index in [4.69, 9.17) is 4.74 Å². The van der Waals surface area contributed by atoms with Crippen LogP contribution in [0.3, 0.4) is 0 Å². The number of likely N-dealkylation sites (N-methyl/N-ethyl adjacent to an activating group) is 1. The van der Waals surface area contributed by atoms with E-state index in [2.05, 4.69) is 35.7 Å². The highest BCUT2D eigenvalue weighted by molar-refractivity contribution is 5.75. The van der Waals surface area contributed by atoms with E-state index >= 15 is 0 Å². The maximum atomic E-state index is 11.9. The zero-order valence-electron chi connectivity index (χ0n) is 13.6. The van der Waals surface area contributed by atoms with E-state index in [-0.39, 0.29) is 12.0 Å². The van der Waals surface area contributed by atoms with Crippen molar-refractivity contribution in [2.75, 3.05) is 60.5 Å². The highest BCUT2D eigenvalue weighted by Gasteiger charge is 2.29. The first kappa shape index (κ1) is 17.4. The molecule has 0 aromatic rings. The summed E-state index contributed by atoms with van der Waals surface area (Å²) in [5.41, 5.74) is 0. The Balaban J connectivity index is 2.41. The van der Waals surface area contributed by atoms with Crippen molar-refractivity contribution in [3.05, 3.63) is 0 Å². The number of hydrogen-bond acceptors (Lipinski definition) is 5. The number of piperazine rings is 1. The van der Waals surface area contributed by atoms with Crippen LogP contribution in [0.4, 0.5) is 0 Å². The van der Waals surface area contributed by atoms with Gasteiger partial charge in [-0.05, 0) is 20.5 Å². The summed E-state index contributed by atoms with van der Waals surface area (Å²) in [6.45, 7) is 8.40. The molecule has 0 aromatic heterocycles. The van der Waals surface area contributed by atoms with Crippen LogP contribution in [0.15, 0.2) is 0 Å². The number of nitrogens with zero attached hydrogens (tertiary/aromatic N) is 3. The standard InChI is InChI=1S/C15H31N3O2/c1-5-6-7-14(15(19)20-4)18-12-10-17(11-13-18)9-8-16(2)3/h14H,5-13H2,1-4H3. The zero-order chi connectivity index (χ0) is 15.0. The molecule has 1 fully saturated rings. The molecule has 20 heavy (non-hydrogen) atoms. The quantitative estimate of drug-likeness (QED) is 0.619. The molecule has 0 N–H and O–H groups in total. The van der Waals surface area contributed by atoms with E-state index < -0.39 is 0 Å². The summed E-state index contributed by atoms with van der Waals surface area (Å²) in [7, 11) is 5.71. The second kappa shape index (κ2) is 9.32. The fourth-order valence-corrected chi connectivity index (χ4v) is 2.62. The molecule has 1 unspecified atom stereocenters. The van der Waals surface area contributed by atoms with Gasteiger partial charge in [0.25, 0.3) is 0 Å². The van der Waals surface area contributed by atoms with Gasteiger partial charge in [0.05, 0.1) is 7.11 Å². The van der Waals surface area contributed by atoms with Gasteiger partial charge in [0.2, 0.25) is 0 Å². The third-order valence-corrected chi connectivity index (χ3v) is 4.02. The second-order valence-corrected chi connectivity index (χ2v) is 5.86. The Kier molecular flexibility index (Phi) is 8.11. The third-order valence-electron chi connectivity index (χ3n) is 4.02.